The van der Waals surface area contributed by atoms with E-state index in [2.05, 4.69) is 16.7 Å². The maximum absolute atomic E-state index is 10.9. The molecule has 0 bridgehead atoms. The summed E-state index contributed by atoms with van der Waals surface area (Å²) in [6.07, 6.45) is 0.654. The summed E-state index contributed by atoms with van der Waals surface area (Å²) >= 11 is 0. The number of likely N-dealkylation sites (tertiary alicyclic amines) is 1. The number of carbonyl (C=O) groups is 3. The molecule has 8 heteroatoms. The van der Waals surface area contributed by atoms with Crippen LogP contribution in [-0.4, -0.2) is 82.3 Å². The molecule has 118 valence electrons. The monoisotopic (exact) mass is 300 g/mol. The van der Waals surface area contributed by atoms with Gasteiger partial charge in [-0.05, 0) is 6.42 Å². The standard InChI is InChI=1S/C11H18N2O2.C2H2O4/c1-10(14)12(2)6-3-4-7-13-8-5-11(15)9-13;3-1(4)2(5)6/h11,15H,5-9H2,1-2H3;(H,3,4)(H,5,6). The Hall–Kier alpha value is -2.11. The van der Waals surface area contributed by atoms with Gasteiger partial charge in [0.1, 0.15) is 0 Å². The van der Waals surface area contributed by atoms with Crippen molar-refractivity contribution in [2.24, 2.45) is 0 Å². The average molecular weight is 300 g/mol. The molecule has 8 nitrogen and oxygen atoms in total. The Morgan fingerprint density at radius 1 is 1.24 bits per heavy atom. The lowest BCUT2D eigenvalue weighted by Gasteiger charge is -2.11. The van der Waals surface area contributed by atoms with Crippen molar-refractivity contribution in [1.29, 1.82) is 0 Å². The minimum Gasteiger partial charge on any atom is -0.473 e. The summed E-state index contributed by atoms with van der Waals surface area (Å²) in [4.78, 5) is 32.7. The maximum atomic E-state index is 10.9. The van der Waals surface area contributed by atoms with Gasteiger partial charge >= 0.3 is 11.9 Å². The Balaban J connectivity index is 0.000000567. The number of nitrogens with zero attached hydrogens (tertiary/aromatic N) is 2. The van der Waals surface area contributed by atoms with Gasteiger partial charge in [-0.2, -0.15) is 0 Å². The summed E-state index contributed by atoms with van der Waals surface area (Å²) in [5, 5.41) is 24.1. The Kier molecular flexibility index (Phi) is 8.76. The summed E-state index contributed by atoms with van der Waals surface area (Å²) in [6, 6.07) is 0. The molecule has 1 fully saturated rings. The van der Waals surface area contributed by atoms with E-state index >= 15 is 0 Å². The van der Waals surface area contributed by atoms with E-state index in [0.29, 0.717) is 13.1 Å². The van der Waals surface area contributed by atoms with Crippen molar-refractivity contribution in [2.75, 3.05) is 33.2 Å². The topological polar surface area (TPSA) is 118 Å². The number of amides is 1. The van der Waals surface area contributed by atoms with Crippen molar-refractivity contribution in [2.45, 2.75) is 19.4 Å². The number of hydrogen-bond acceptors (Lipinski definition) is 5. The van der Waals surface area contributed by atoms with E-state index in [0.717, 1.165) is 19.5 Å². The van der Waals surface area contributed by atoms with Gasteiger partial charge in [-0.25, -0.2) is 9.59 Å². The molecule has 1 aliphatic heterocycles. The van der Waals surface area contributed by atoms with Gasteiger partial charge in [0, 0.05) is 27.1 Å². The summed E-state index contributed by atoms with van der Waals surface area (Å²) in [6.45, 7) is 4.32. The second kappa shape index (κ2) is 9.74. The molecule has 0 aromatic carbocycles. The lowest BCUT2D eigenvalue weighted by atomic mass is 10.3. The van der Waals surface area contributed by atoms with Gasteiger partial charge in [0.25, 0.3) is 0 Å². The van der Waals surface area contributed by atoms with E-state index in [1.807, 2.05) is 0 Å². The van der Waals surface area contributed by atoms with E-state index in [1.54, 1.807) is 11.9 Å². The van der Waals surface area contributed by atoms with Crippen LogP contribution in [0.5, 0.6) is 0 Å². The van der Waals surface area contributed by atoms with Crippen LogP contribution in [0.3, 0.4) is 0 Å². The van der Waals surface area contributed by atoms with Crippen molar-refractivity contribution in [3.8, 4) is 11.8 Å². The van der Waals surface area contributed by atoms with E-state index in [1.165, 1.54) is 6.92 Å². The molecule has 1 aliphatic rings. The van der Waals surface area contributed by atoms with Gasteiger partial charge in [-0.1, -0.05) is 11.8 Å². The van der Waals surface area contributed by atoms with Crippen molar-refractivity contribution in [3.63, 3.8) is 0 Å². The number of carboxylic acids is 2. The molecule has 0 aromatic rings. The first-order valence-corrected chi connectivity index (χ1v) is 6.28. The molecule has 21 heavy (non-hydrogen) atoms. The molecule has 0 aromatic heterocycles. The molecular formula is C13H20N2O6. The number of aliphatic carboxylic acids is 2. The number of aliphatic hydroxyl groups is 1. The third-order valence-corrected chi connectivity index (χ3v) is 2.71. The van der Waals surface area contributed by atoms with Gasteiger partial charge in [-0.3, -0.25) is 9.69 Å². The zero-order chi connectivity index (χ0) is 16.4. The molecule has 0 radical (unpaired) electrons. The number of β-amino-alcohol motifs (C(OH)–C–C–N with tert-alkyl or cyclic N) is 1. The van der Waals surface area contributed by atoms with Crippen LogP contribution >= 0.6 is 0 Å². The first-order chi connectivity index (χ1) is 9.73. The summed E-state index contributed by atoms with van der Waals surface area (Å²) in [5.74, 6) is 2.33. The minimum atomic E-state index is -1.82. The maximum Gasteiger partial charge on any atom is 0.414 e. The number of hydrogen-bond donors (Lipinski definition) is 3. The first kappa shape index (κ1) is 18.9. The van der Waals surface area contributed by atoms with Crippen LogP contribution in [0.1, 0.15) is 13.3 Å². The van der Waals surface area contributed by atoms with E-state index in [4.69, 9.17) is 19.8 Å². The zero-order valence-electron chi connectivity index (χ0n) is 12.1. The van der Waals surface area contributed by atoms with Crippen LogP contribution < -0.4 is 0 Å². The van der Waals surface area contributed by atoms with Crippen LogP contribution in [0, 0.1) is 11.8 Å². The minimum absolute atomic E-state index is 0.0286. The summed E-state index contributed by atoms with van der Waals surface area (Å²) in [5.41, 5.74) is 0. The van der Waals surface area contributed by atoms with Gasteiger partial charge < -0.3 is 20.2 Å². The zero-order valence-corrected chi connectivity index (χ0v) is 12.1. The molecule has 1 saturated heterocycles. The van der Waals surface area contributed by atoms with E-state index in [9.17, 15) is 9.90 Å². The van der Waals surface area contributed by atoms with Crippen LogP contribution in [-0.2, 0) is 14.4 Å². The summed E-state index contributed by atoms with van der Waals surface area (Å²) < 4.78 is 0. The number of carbonyl (C=O) groups excluding carboxylic acids is 1. The molecule has 1 rings (SSSR count). The van der Waals surface area contributed by atoms with Crippen LogP contribution in [0.4, 0.5) is 0 Å². The van der Waals surface area contributed by atoms with Gasteiger partial charge in [0.15, 0.2) is 0 Å². The second-order valence-electron chi connectivity index (χ2n) is 4.52. The fourth-order valence-electron chi connectivity index (χ4n) is 1.41. The molecule has 0 saturated carbocycles. The highest BCUT2D eigenvalue weighted by atomic mass is 16.4. The molecule has 1 unspecified atom stereocenters. The third kappa shape index (κ3) is 9.43. The van der Waals surface area contributed by atoms with Crippen molar-refractivity contribution in [3.05, 3.63) is 0 Å². The van der Waals surface area contributed by atoms with Gasteiger partial charge in [-0.15, -0.1) is 0 Å². The Bertz CT molecular complexity index is 428. The smallest absolute Gasteiger partial charge is 0.414 e. The van der Waals surface area contributed by atoms with Crippen LogP contribution in [0.15, 0.2) is 0 Å². The van der Waals surface area contributed by atoms with Gasteiger partial charge in [0.2, 0.25) is 5.91 Å². The van der Waals surface area contributed by atoms with Crippen molar-refractivity contribution < 1.29 is 29.7 Å². The molecule has 1 heterocycles. The highest BCUT2D eigenvalue weighted by molar-refractivity contribution is 6.27. The molecule has 0 aliphatic carbocycles. The lowest BCUT2D eigenvalue weighted by molar-refractivity contribution is -0.159. The third-order valence-electron chi connectivity index (χ3n) is 2.71. The normalized spacial score (nSPS) is 17.0. The predicted octanol–water partition coefficient (Wildman–Crippen LogP) is -1.31. The van der Waals surface area contributed by atoms with Crippen LogP contribution in [0.2, 0.25) is 0 Å². The van der Waals surface area contributed by atoms with Crippen molar-refractivity contribution in [1.82, 2.24) is 9.80 Å². The molecule has 3 N–H and O–H groups in total. The van der Waals surface area contributed by atoms with Crippen LogP contribution in [0.25, 0.3) is 0 Å². The highest BCUT2D eigenvalue weighted by Crippen LogP contribution is 2.06. The molecule has 0 spiro atoms. The van der Waals surface area contributed by atoms with E-state index in [-0.39, 0.29) is 12.0 Å². The SMILES string of the molecule is CC(=O)N(C)CC#CCN1CCC(O)C1.O=C(O)C(=O)O. The fraction of sp³-hybridized carbons (Fsp3) is 0.615. The number of carboxylic acid groups (broad SMARTS) is 2. The second-order valence-corrected chi connectivity index (χ2v) is 4.52. The Morgan fingerprint density at radius 3 is 2.19 bits per heavy atom. The molecule has 1 atom stereocenters. The Morgan fingerprint density at radius 2 is 1.81 bits per heavy atom. The summed E-state index contributed by atoms with van der Waals surface area (Å²) in [7, 11) is 1.73. The predicted molar refractivity (Wildman–Crippen MR) is 73.4 cm³/mol. The van der Waals surface area contributed by atoms with E-state index < -0.39 is 11.9 Å². The lowest BCUT2D eigenvalue weighted by Crippen LogP contribution is -2.25. The fourth-order valence-corrected chi connectivity index (χ4v) is 1.41. The number of aliphatic hydroxyl groups excluding tert-OH is 1. The quantitative estimate of drug-likeness (QED) is 0.428. The molecular weight excluding hydrogens is 280 g/mol. The Labute approximate surface area is 123 Å². The first-order valence-electron chi connectivity index (χ1n) is 6.28. The number of rotatable bonds is 2. The average Bonchev–Trinajstić information content (AvgIpc) is 2.80. The molecule has 1 amide bonds. The highest BCUT2D eigenvalue weighted by Gasteiger charge is 2.18. The van der Waals surface area contributed by atoms with Crippen molar-refractivity contribution >= 4 is 17.8 Å². The van der Waals surface area contributed by atoms with Gasteiger partial charge in [0.05, 0.1) is 19.2 Å². The largest absolute Gasteiger partial charge is 0.473 e.